The summed E-state index contributed by atoms with van der Waals surface area (Å²) in [4.78, 5) is 21.4. The van der Waals surface area contributed by atoms with E-state index in [2.05, 4.69) is 5.32 Å². The minimum atomic E-state index is -0.469. The van der Waals surface area contributed by atoms with Crippen LogP contribution < -0.4 is 11.1 Å². The lowest BCUT2D eigenvalue weighted by molar-refractivity contribution is -0.384. The summed E-state index contributed by atoms with van der Waals surface area (Å²) in [5, 5.41) is 13.9. The van der Waals surface area contributed by atoms with Gasteiger partial charge in [-0.3, -0.25) is 14.9 Å². The number of nitro groups is 1. The lowest BCUT2D eigenvalue weighted by atomic mass is 10.1. The molecule has 0 bridgehead atoms. The first kappa shape index (κ1) is 14.5. The zero-order chi connectivity index (χ0) is 15.4. The Hall–Kier alpha value is -2.89. The maximum atomic E-state index is 11.1. The van der Waals surface area contributed by atoms with Crippen molar-refractivity contribution < 1.29 is 9.72 Å². The predicted octanol–water partition coefficient (Wildman–Crippen LogP) is 2.61. The first-order valence-corrected chi connectivity index (χ1v) is 6.35. The quantitative estimate of drug-likeness (QED) is 0.651. The van der Waals surface area contributed by atoms with Gasteiger partial charge < -0.3 is 11.1 Å². The van der Waals surface area contributed by atoms with Gasteiger partial charge in [-0.1, -0.05) is 12.1 Å². The van der Waals surface area contributed by atoms with E-state index in [1.165, 1.54) is 12.1 Å². The molecule has 0 atom stereocenters. The lowest BCUT2D eigenvalue weighted by Gasteiger charge is -2.10. The maximum absolute atomic E-state index is 11.1. The number of carbonyl (C=O) groups is 1. The van der Waals surface area contributed by atoms with E-state index in [0.717, 1.165) is 16.8 Å². The number of amides is 1. The van der Waals surface area contributed by atoms with Gasteiger partial charge in [0.25, 0.3) is 5.69 Å². The van der Waals surface area contributed by atoms with E-state index in [0.29, 0.717) is 12.1 Å². The number of hydrogen-bond acceptors (Lipinski definition) is 4. The van der Waals surface area contributed by atoms with Crippen LogP contribution in [0.1, 0.15) is 21.5 Å². The van der Waals surface area contributed by atoms with Crippen molar-refractivity contribution in [1.82, 2.24) is 0 Å². The van der Waals surface area contributed by atoms with Crippen molar-refractivity contribution in [2.45, 2.75) is 13.5 Å². The topological polar surface area (TPSA) is 98.3 Å². The van der Waals surface area contributed by atoms with Gasteiger partial charge in [-0.15, -0.1) is 0 Å². The Kier molecular flexibility index (Phi) is 4.18. The van der Waals surface area contributed by atoms with Crippen LogP contribution in [0.2, 0.25) is 0 Å². The van der Waals surface area contributed by atoms with Crippen molar-refractivity contribution in [2.75, 3.05) is 5.32 Å². The third-order valence-corrected chi connectivity index (χ3v) is 3.12. The molecule has 6 nitrogen and oxygen atoms in total. The molecule has 0 saturated carbocycles. The second kappa shape index (κ2) is 6.04. The highest BCUT2D eigenvalue weighted by atomic mass is 16.6. The van der Waals surface area contributed by atoms with Crippen LogP contribution in [-0.2, 0) is 6.54 Å². The summed E-state index contributed by atoms with van der Waals surface area (Å²) in [6.45, 7) is 2.30. The molecule has 0 saturated heterocycles. The predicted molar refractivity (Wildman–Crippen MR) is 80.1 cm³/mol. The van der Waals surface area contributed by atoms with E-state index < -0.39 is 10.8 Å². The number of non-ortho nitro benzene ring substituents is 1. The molecule has 0 heterocycles. The van der Waals surface area contributed by atoms with Crippen molar-refractivity contribution >= 4 is 17.3 Å². The number of primary amides is 1. The summed E-state index contributed by atoms with van der Waals surface area (Å²) in [6.07, 6.45) is 0. The number of nitrogens with one attached hydrogen (secondary N) is 1. The molecule has 6 heteroatoms. The Bertz CT molecular complexity index is 698. The van der Waals surface area contributed by atoms with Crippen LogP contribution >= 0.6 is 0 Å². The van der Waals surface area contributed by atoms with Crippen LogP contribution in [0, 0.1) is 17.0 Å². The van der Waals surface area contributed by atoms with E-state index in [9.17, 15) is 14.9 Å². The summed E-state index contributed by atoms with van der Waals surface area (Å²) in [7, 11) is 0. The van der Waals surface area contributed by atoms with Crippen molar-refractivity contribution in [1.29, 1.82) is 0 Å². The first-order chi connectivity index (χ1) is 9.97. The third kappa shape index (κ3) is 3.56. The number of rotatable bonds is 5. The van der Waals surface area contributed by atoms with Gasteiger partial charge in [-0.25, -0.2) is 0 Å². The van der Waals surface area contributed by atoms with E-state index in [1.807, 2.05) is 6.07 Å². The highest BCUT2D eigenvalue weighted by molar-refractivity contribution is 5.92. The second-order valence-corrected chi connectivity index (χ2v) is 4.67. The minimum Gasteiger partial charge on any atom is -0.381 e. The zero-order valence-corrected chi connectivity index (χ0v) is 11.5. The van der Waals surface area contributed by atoms with Gasteiger partial charge in [0.15, 0.2) is 0 Å². The monoisotopic (exact) mass is 285 g/mol. The van der Waals surface area contributed by atoms with Crippen LogP contribution in [0.3, 0.4) is 0 Å². The molecular formula is C15H15N3O3. The number of nitrogens with zero attached hydrogens (tertiary/aromatic N) is 1. The van der Waals surface area contributed by atoms with Crippen molar-refractivity contribution in [3.8, 4) is 0 Å². The van der Waals surface area contributed by atoms with Crippen LogP contribution in [-0.4, -0.2) is 10.8 Å². The van der Waals surface area contributed by atoms with E-state index >= 15 is 0 Å². The lowest BCUT2D eigenvalue weighted by Crippen LogP contribution is -2.11. The molecule has 0 fully saturated rings. The molecule has 3 N–H and O–H groups in total. The van der Waals surface area contributed by atoms with Gasteiger partial charge in [0.1, 0.15) is 0 Å². The molecule has 0 aliphatic rings. The number of hydrogen-bond donors (Lipinski definition) is 2. The maximum Gasteiger partial charge on any atom is 0.269 e. The molecule has 0 aliphatic carbocycles. The molecule has 0 aliphatic heterocycles. The molecular weight excluding hydrogens is 270 g/mol. The van der Waals surface area contributed by atoms with Gasteiger partial charge in [0.05, 0.1) is 4.92 Å². The van der Waals surface area contributed by atoms with Crippen molar-refractivity contribution in [3.63, 3.8) is 0 Å². The largest absolute Gasteiger partial charge is 0.381 e. The summed E-state index contributed by atoms with van der Waals surface area (Å²) < 4.78 is 0. The Labute approximate surface area is 121 Å². The summed E-state index contributed by atoms with van der Waals surface area (Å²) in [6, 6.07) is 11.7. The molecule has 0 unspecified atom stereocenters. The summed E-state index contributed by atoms with van der Waals surface area (Å²) in [5.41, 5.74) is 8.26. The van der Waals surface area contributed by atoms with Crippen LogP contribution in [0.4, 0.5) is 11.4 Å². The fourth-order valence-electron chi connectivity index (χ4n) is 1.99. The Morgan fingerprint density at radius 3 is 2.67 bits per heavy atom. The minimum absolute atomic E-state index is 0.0637. The van der Waals surface area contributed by atoms with Crippen molar-refractivity contribution in [3.05, 3.63) is 69.3 Å². The van der Waals surface area contributed by atoms with E-state index in [-0.39, 0.29) is 5.69 Å². The number of nitrogens with two attached hydrogens (primary N) is 1. The van der Waals surface area contributed by atoms with Crippen LogP contribution in [0.25, 0.3) is 0 Å². The van der Waals surface area contributed by atoms with Gasteiger partial charge in [-0.05, 0) is 36.2 Å². The van der Waals surface area contributed by atoms with E-state index in [4.69, 9.17) is 5.73 Å². The highest BCUT2D eigenvalue weighted by Crippen LogP contribution is 2.21. The number of nitro benzene ring substituents is 1. The molecule has 1 amide bonds. The standard InChI is InChI=1S/C15H15N3O3/c1-10-7-13(18(20)21)5-6-14(10)17-9-11-3-2-4-12(8-11)15(16)19/h2-8,17H,9H2,1H3,(H2,16,19). The number of aryl methyl sites for hydroxylation is 1. The molecule has 2 aromatic rings. The third-order valence-electron chi connectivity index (χ3n) is 3.12. The van der Waals surface area contributed by atoms with Gasteiger partial charge in [-0.2, -0.15) is 0 Å². The fraction of sp³-hybridized carbons (Fsp3) is 0.133. The molecule has 0 radical (unpaired) electrons. The second-order valence-electron chi connectivity index (χ2n) is 4.67. The Balaban J connectivity index is 2.11. The number of benzene rings is 2. The molecule has 2 rings (SSSR count). The normalized spacial score (nSPS) is 10.1. The summed E-state index contributed by atoms with van der Waals surface area (Å²) in [5.74, 6) is -0.469. The average Bonchev–Trinajstić information content (AvgIpc) is 2.46. The highest BCUT2D eigenvalue weighted by Gasteiger charge is 2.08. The number of anilines is 1. The average molecular weight is 285 g/mol. The van der Waals surface area contributed by atoms with Crippen LogP contribution in [0.15, 0.2) is 42.5 Å². The SMILES string of the molecule is Cc1cc([N+](=O)[O-])ccc1NCc1cccc(C(N)=O)c1. The Morgan fingerprint density at radius 2 is 2.05 bits per heavy atom. The molecule has 0 spiro atoms. The zero-order valence-electron chi connectivity index (χ0n) is 11.5. The van der Waals surface area contributed by atoms with Crippen molar-refractivity contribution in [2.24, 2.45) is 5.73 Å². The molecule has 0 aromatic heterocycles. The van der Waals surface area contributed by atoms with E-state index in [1.54, 1.807) is 31.2 Å². The van der Waals surface area contributed by atoms with Gasteiger partial charge in [0.2, 0.25) is 5.91 Å². The summed E-state index contributed by atoms with van der Waals surface area (Å²) >= 11 is 0. The Morgan fingerprint density at radius 1 is 1.29 bits per heavy atom. The fourth-order valence-corrected chi connectivity index (χ4v) is 1.99. The molecule has 108 valence electrons. The first-order valence-electron chi connectivity index (χ1n) is 6.35. The molecule has 2 aromatic carbocycles. The number of carbonyl (C=O) groups excluding carboxylic acids is 1. The van der Waals surface area contributed by atoms with Gasteiger partial charge in [0, 0.05) is 29.9 Å². The van der Waals surface area contributed by atoms with Gasteiger partial charge >= 0.3 is 0 Å². The molecule has 21 heavy (non-hydrogen) atoms. The van der Waals surface area contributed by atoms with Crippen LogP contribution in [0.5, 0.6) is 0 Å². The smallest absolute Gasteiger partial charge is 0.269 e.